The van der Waals surface area contributed by atoms with E-state index in [0.717, 1.165) is 0 Å². The van der Waals surface area contributed by atoms with Crippen molar-refractivity contribution in [2.24, 2.45) is 5.41 Å². The Morgan fingerprint density at radius 3 is 2.50 bits per heavy atom. The third-order valence-electron chi connectivity index (χ3n) is 2.98. The Hall–Kier alpha value is -2.14. The van der Waals surface area contributed by atoms with E-state index in [2.05, 4.69) is 10.3 Å². The van der Waals surface area contributed by atoms with Crippen LogP contribution in [0.4, 0.5) is 10.1 Å². The zero-order valence-corrected chi connectivity index (χ0v) is 13.0. The molecule has 0 spiro atoms. The van der Waals surface area contributed by atoms with Crippen molar-refractivity contribution in [1.82, 2.24) is 4.98 Å². The molecule has 1 aromatic heterocycles. The van der Waals surface area contributed by atoms with E-state index < -0.39 is 5.41 Å². The number of pyridine rings is 1. The first kappa shape index (κ1) is 16.2. The van der Waals surface area contributed by atoms with Gasteiger partial charge in [-0.05, 0) is 44.2 Å². The monoisotopic (exact) mass is 322 g/mol. The molecule has 22 heavy (non-hydrogen) atoms. The summed E-state index contributed by atoms with van der Waals surface area (Å²) in [4.78, 5) is 16.1. The van der Waals surface area contributed by atoms with Crippen LogP contribution in [-0.4, -0.2) is 16.8 Å². The first-order valence-corrected chi connectivity index (χ1v) is 7.21. The summed E-state index contributed by atoms with van der Waals surface area (Å²) in [5.41, 5.74) is -0.111. The molecule has 6 heteroatoms. The maximum atomic E-state index is 12.8. The molecule has 0 bridgehead atoms. The van der Waals surface area contributed by atoms with E-state index in [0.29, 0.717) is 17.3 Å². The summed E-state index contributed by atoms with van der Waals surface area (Å²) in [6, 6.07) is 8.92. The zero-order chi connectivity index (χ0) is 16.2. The Balaban J connectivity index is 2.01. The van der Waals surface area contributed by atoms with Crippen LogP contribution in [0.15, 0.2) is 42.6 Å². The van der Waals surface area contributed by atoms with E-state index in [9.17, 15) is 9.18 Å². The summed E-state index contributed by atoms with van der Waals surface area (Å²) in [7, 11) is 0. The molecule has 2 aromatic rings. The van der Waals surface area contributed by atoms with Gasteiger partial charge in [0, 0.05) is 11.9 Å². The summed E-state index contributed by atoms with van der Waals surface area (Å²) in [6.45, 7) is 3.52. The van der Waals surface area contributed by atoms with Gasteiger partial charge < -0.3 is 10.1 Å². The molecule has 0 fully saturated rings. The number of benzene rings is 1. The smallest absolute Gasteiger partial charge is 0.231 e. The lowest BCUT2D eigenvalue weighted by molar-refractivity contribution is -0.122. The standard InChI is InChI=1S/C16H16ClFN2O2/c1-16(2,10-17)15(21)20-12-5-8-14(19-9-12)22-13-6-3-11(18)4-7-13/h3-9H,10H2,1-2H3,(H,20,21). The maximum absolute atomic E-state index is 12.8. The lowest BCUT2D eigenvalue weighted by Crippen LogP contribution is -2.32. The van der Waals surface area contributed by atoms with E-state index in [1.54, 1.807) is 26.0 Å². The largest absolute Gasteiger partial charge is 0.439 e. The van der Waals surface area contributed by atoms with Crippen molar-refractivity contribution < 1.29 is 13.9 Å². The van der Waals surface area contributed by atoms with E-state index in [1.165, 1.54) is 30.5 Å². The first-order valence-electron chi connectivity index (χ1n) is 6.67. The highest BCUT2D eigenvalue weighted by molar-refractivity contribution is 6.20. The fourth-order valence-electron chi connectivity index (χ4n) is 1.50. The second-order valence-corrected chi connectivity index (χ2v) is 5.68. The van der Waals surface area contributed by atoms with Gasteiger partial charge in [-0.1, -0.05) is 0 Å². The van der Waals surface area contributed by atoms with Crippen LogP contribution in [0.3, 0.4) is 0 Å². The summed E-state index contributed by atoms with van der Waals surface area (Å²) in [6.07, 6.45) is 1.49. The Morgan fingerprint density at radius 1 is 1.27 bits per heavy atom. The number of ether oxygens (including phenoxy) is 1. The summed E-state index contributed by atoms with van der Waals surface area (Å²) < 4.78 is 18.3. The number of rotatable bonds is 5. The Labute approximate surface area is 133 Å². The van der Waals surface area contributed by atoms with E-state index >= 15 is 0 Å². The van der Waals surface area contributed by atoms with Gasteiger partial charge in [0.15, 0.2) is 0 Å². The molecule has 116 valence electrons. The molecular formula is C16H16ClFN2O2. The predicted octanol–water partition coefficient (Wildman–Crippen LogP) is 4.22. The number of nitrogens with one attached hydrogen (secondary N) is 1. The second-order valence-electron chi connectivity index (χ2n) is 5.41. The molecule has 1 amide bonds. The highest BCUT2D eigenvalue weighted by Gasteiger charge is 2.26. The van der Waals surface area contributed by atoms with Crippen LogP contribution in [0.2, 0.25) is 0 Å². The summed E-state index contributed by atoms with van der Waals surface area (Å²) in [5, 5.41) is 2.74. The lowest BCUT2D eigenvalue weighted by Gasteiger charge is -2.20. The number of hydrogen-bond acceptors (Lipinski definition) is 3. The van der Waals surface area contributed by atoms with E-state index in [-0.39, 0.29) is 17.6 Å². The molecule has 1 aromatic carbocycles. The Bertz CT molecular complexity index is 642. The quantitative estimate of drug-likeness (QED) is 0.839. The van der Waals surface area contributed by atoms with Crippen LogP contribution < -0.4 is 10.1 Å². The number of carbonyl (C=O) groups is 1. The number of halogens is 2. The van der Waals surface area contributed by atoms with Gasteiger partial charge in [-0.25, -0.2) is 9.37 Å². The van der Waals surface area contributed by atoms with Crippen molar-refractivity contribution in [3.63, 3.8) is 0 Å². The number of aromatic nitrogens is 1. The molecule has 0 atom stereocenters. The second kappa shape index (κ2) is 6.75. The van der Waals surface area contributed by atoms with Crippen LogP contribution in [-0.2, 0) is 4.79 Å². The molecular weight excluding hydrogens is 307 g/mol. The summed E-state index contributed by atoms with van der Waals surface area (Å²) >= 11 is 5.76. The number of amides is 1. The minimum absolute atomic E-state index is 0.184. The van der Waals surface area contributed by atoms with Gasteiger partial charge in [0.05, 0.1) is 17.3 Å². The van der Waals surface area contributed by atoms with Gasteiger partial charge in [-0.2, -0.15) is 0 Å². The fourth-order valence-corrected chi connectivity index (χ4v) is 1.62. The van der Waals surface area contributed by atoms with Crippen molar-refractivity contribution in [2.75, 3.05) is 11.2 Å². The maximum Gasteiger partial charge on any atom is 0.231 e. The molecule has 0 aliphatic carbocycles. The van der Waals surface area contributed by atoms with Gasteiger partial charge >= 0.3 is 0 Å². The van der Waals surface area contributed by atoms with Gasteiger partial charge in [-0.15, -0.1) is 11.6 Å². The van der Waals surface area contributed by atoms with Gasteiger partial charge in [-0.3, -0.25) is 4.79 Å². The van der Waals surface area contributed by atoms with Crippen LogP contribution in [0, 0.1) is 11.2 Å². The Kier molecular flexibility index (Phi) is 4.98. The molecule has 0 saturated heterocycles. The van der Waals surface area contributed by atoms with Crippen molar-refractivity contribution in [3.05, 3.63) is 48.4 Å². The number of hydrogen-bond donors (Lipinski definition) is 1. The topological polar surface area (TPSA) is 51.2 Å². The molecule has 4 nitrogen and oxygen atoms in total. The Morgan fingerprint density at radius 2 is 1.95 bits per heavy atom. The van der Waals surface area contributed by atoms with Gasteiger partial charge in [0.1, 0.15) is 11.6 Å². The van der Waals surface area contributed by atoms with Crippen molar-refractivity contribution in [1.29, 1.82) is 0 Å². The van der Waals surface area contributed by atoms with Crippen molar-refractivity contribution in [2.45, 2.75) is 13.8 Å². The average molecular weight is 323 g/mol. The number of carbonyl (C=O) groups excluding carboxylic acids is 1. The van der Waals surface area contributed by atoms with Gasteiger partial charge in [0.2, 0.25) is 11.8 Å². The number of anilines is 1. The van der Waals surface area contributed by atoms with Crippen LogP contribution in [0.1, 0.15) is 13.8 Å². The number of alkyl halides is 1. The molecule has 0 aliphatic heterocycles. The van der Waals surface area contributed by atoms with Crippen LogP contribution in [0.25, 0.3) is 0 Å². The average Bonchev–Trinajstić information content (AvgIpc) is 2.51. The molecule has 0 saturated carbocycles. The van der Waals surface area contributed by atoms with Gasteiger partial charge in [0.25, 0.3) is 0 Å². The van der Waals surface area contributed by atoms with Crippen molar-refractivity contribution in [3.8, 4) is 11.6 Å². The van der Waals surface area contributed by atoms with Crippen LogP contribution in [0.5, 0.6) is 11.6 Å². The number of nitrogens with zero attached hydrogens (tertiary/aromatic N) is 1. The third-order valence-corrected chi connectivity index (χ3v) is 3.65. The molecule has 0 radical (unpaired) electrons. The first-order chi connectivity index (χ1) is 10.4. The molecule has 1 N–H and O–H groups in total. The minimum Gasteiger partial charge on any atom is -0.439 e. The lowest BCUT2D eigenvalue weighted by atomic mass is 9.95. The molecule has 2 rings (SSSR count). The third kappa shape index (κ3) is 4.18. The SMILES string of the molecule is CC(C)(CCl)C(=O)Nc1ccc(Oc2ccc(F)cc2)nc1. The van der Waals surface area contributed by atoms with E-state index in [4.69, 9.17) is 16.3 Å². The zero-order valence-electron chi connectivity index (χ0n) is 12.3. The minimum atomic E-state index is -0.662. The van der Waals surface area contributed by atoms with Crippen molar-refractivity contribution >= 4 is 23.2 Å². The highest BCUT2D eigenvalue weighted by atomic mass is 35.5. The van der Waals surface area contributed by atoms with E-state index in [1.807, 2.05) is 0 Å². The molecule has 0 aliphatic rings. The highest BCUT2D eigenvalue weighted by Crippen LogP contribution is 2.23. The fraction of sp³-hybridized carbons (Fsp3) is 0.250. The normalized spacial score (nSPS) is 11.1. The molecule has 1 heterocycles. The van der Waals surface area contributed by atoms with Crippen LogP contribution >= 0.6 is 11.6 Å². The molecule has 0 unspecified atom stereocenters. The predicted molar refractivity (Wildman–Crippen MR) is 83.8 cm³/mol. The summed E-state index contributed by atoms with van der Waals surface area (Å²) in [5.74, 6) is 0.532.